The Kier molecular flexibility index (Phi) is 7.20. The van der Waals surface area contributed by atoms with Gasteiger partial charge in [0.25, 0.3) is 0 Å². The van der Waals surface area contributed by atoms with E-state index >= 15 is 0 Å². The molecule has 0 saturated carbocycles. The number of nitrogens with one attached hydrogen (secondary N) is 1. The van der Waals surface area contributed by atoms with Crippen molar-refractivity contribution in [1.29, 1.82) is 0 Å². The minimum absolute atomic E-state index is 0.514. The maximum Gasteiger partial charge on any atom is 0.227 e. The van der Waals surface area contributed by atoms with Crippen LogP contribution in [-0.2, 0) is 6.42 Å². The van der Waals surface area contributed by atoms with Gasteiger partial charge in [-0.3, -0.25) is 0 Å². The van der Waals surface area contributed by atoms with Crippen molar-refractivity contribution in [2.45, 2.75) is 13.3 Å². The number of aromatic nitrogens is 2. The van der Waals surface area contributed by atoms with Gasteiger partial charge in [0.05, 0.1) is 24.9 Å². The Bertz CT molecular complexity index is 1100. The maximum absolute atomic E-state index is 6.25. The Morgan fingerprint density at radius 2 is 1.70 bits per heavy atom. The van der Waals surface area contributed by atoms with Gasteiger partial charge in [0.15, 0.2) is 0 Å². The molecule has 1 aliphatic rings. The van der Waals surface area contributed by atoms with Gasteiger partial charge >= 0.3 is 0 Å². The number of ether oxygens (including phenoxy) is 2. The van der Waals surface area contributed by atoms with Crippen molar-refractivity contribution in [3.63, 3.8) is 0 Å². The zero-order valence-electron chi connectivity index (χ0n) is 19.6. The lowest BCUT2D eigenvalue weighted by Gasteiger charge is -2.34. The van der Waals surface area contributed by atoms with Gasteiger partial charge in [0.1, 0.15) is 11.5 Å². The van der Waals surface area contributed by atoms with Crippen LogP contribution in [0.3, 0.4) is 0 Å². The van der Waals surface area contributed by atoms with Gasteiger partial charge in [-0.1, -0.05) is 11.6 Å². The number of hydrogen-bond donors (Lipinski definition) is 1. The van der Waals surface area contributed by atoms with Crippen molar-refractivity contribution in [2.75, 3.05) is 57.7 Å². The minimum Gasteiger partial charge on any atom is -0.496 e. The average molecular weight is 468 g/mol. The van der Waals surface area contributed by atoms with E-state index in [1.54, 1.807) is 20.3 Å². The third kappa shape index (κ3) is 5.49. The smallest absolute Gasteiger partial charge is 0.227 e. The number of nitrogens with zero attached hydrogens (tertiary/aromatic N) is 4. The number of piperazine rings is 1. The molecule has 0 atom stereocenters. The van der Waals surface area contributed by atoms with Crippen molar-refractivity contribution >= 4 is 28.9 Å². The van der Waals surface area contributed by atoms with Crippen LogP contribution < -0.4 is 19.7 Å². The summed E-state index contributed by atoms with van der Waals surface area (Å²) in [6.45, 7) is 6.28. The predicted octanol–water partition coefficient (Wildman–Crippen LogP) is 4.54. The predicted molar refractivity (Wildman–Crippen MR) is 134 cm³/mol. The Morgan fingerprint density at radius 1 is 1.00 bits per heavy atom. The molecule has 0 bridgehead atoms. The van der Waals surface area contributed by atoms with Gasteiger partial charge in [-0.15, -0.1) is 0 Å². The molecule has 0 amide bonds. The van der Waals surface area contributed by atoms with Crippen LogP contribution >= 0.6 is 11.6 Å². The van der Waals surface area contributed by atoms with E-state index in [0.717, 1.165) is 48.7 Å². The number of halogens is 1. The molecular weight excluding hydrogens is 438 g/mol. The summed E-state index contributed by atoms with van der Waals surface area (Å²) in [5, 5.41) is 3.84. The first kappa shape index (κ1) is 23.1. The summed E-state index contributed by atoms with van der Waals surface area (Å²) in [6, 6.07) is 12.1. The molecule has 1 N–H and O–H groups in total. The molecular formula is C25H30ClN5O2. The van der Waals surface area contributed by atoms with Crippen molar-refractivity contribution in [1.82, 2.24) is 14.9 Å². The van der Waals surface area contributed by atoms with Gasteiger partial charge in [-0.05, 0) is 49.9 Å². The van der Waals surface area contributed by atoms with Crippen LogP contribution in [0, 0.1) is 6.92 Å². The molecule has 1 aromatic heterocycles. The van der Waals surface area contributed by atoms with Gasteiger partial charge in [0.2, 0.25) is 5.95 Å². The van der Waals surface area contributed by atoms with Gasteiger partial charge in [-0.2, -0.15) is 0 Å². The SMILES string of the molecule is COc1cc(Cc2nc(Nc3ccc(N4CCN(C)CC4)cc3)ncc2C)c(OC)cc1Cl. The molecule has 8 heteroatoms. The van der Waals surface area contributed by atoms with Crippen LogP contribution in [0.2, 0.25) is 5.02 Å². The average Bonchev–Trinajstić information content (AvgIpc) is 2.83. The second-order valence-corrected chi connectivity index (χ2v) is 8.67. The number of anilines is 3. The maximum atomic E-state index is 6.25. The lowest BCUT2D eigenvalue weighted by molar-refractivity contribution is 0.313. The first-order valence-electron chi connectivity index (χ1n) is 11.0. The molecule has 7 nitrogen and oxygen atoms in total. The number of rotatable bonds is 7. The Labute approximate surface area is 200 Å². The zero-order valence-corrected chi connectivity index (χ0v) is 20.3. The number of likely N-dealkylation sites (N-methyl/N-ethyl adjacent to an activating group) is 1. The fourth-order valence-corrected chi connectivity index (χ4v) is 4.14. The zero-order chi connectivity index (χ0) is 23.4. The molecule has 3 aromatic rings. The minimum atomic E-state index is 0.514. The second kappa shape index (κ2) is 10.3. The molecule has 0 radical (unpaired) electrons. The normalized spacial score (nSPS) is 14.3. The van der Waals surface area contributed by atoms with Crippen molar-refractivity contribution in [3.8, 4) is 11.5 Å². The first-order valence-corrected chi connectivity index (χ1v) is 11.4. The third-order valence-corrected chi connectivity index (χ3v) is 6.28. The highest BCUT2D eigenvalue weighted by atomic mass is 35.5. The molecule has 1 saturated heterocycles. The fourth-order valence-electron chi connectivity index (χ4n) is 3.91. The molecule has 0 spiro atoms. The van der Waals surface area contributed by atoms with Crippen LogP contribution in [0.15, 0.2) is 42.6 Å². The summed E-state index contributed by atoms with van der Waals surface area (Å²) >= 11 is 6.25. The highest BCUT2D eigenvalue weighted by molar-refractivity contribution is 6.32. The van der Waals surface area contributed by atoms with Crippen molar-refractivity contribution in [2.24, 2.45) is 0 Å². The van der Waals surface area contributed by atoms with E-state index in [2.05, 4.69) is 51.4 Å². The van der Waals surface area contributed by atoms with E-state index in [-0.39, 0.29) is 0 Å². The Morgan fingerprint density at radius 3 is 2.36 bits per heavy atom. The molecule has 1 aliphatic heterocycles. The van der Waals surface area contributed by atoms with E-state index in [4.69, 9.17) is 26.1 Å². The molecule has 0 aliphatic carbocycles. The largest absolute Gasteiger partial charge is 0.496 e. The Balaban J connectivity index is 1.50. The number of benzene rings is 2. The highest BCUT2D eigenvalue weighted by Crippen LogP contribution is 2.34. The topological polar surface area (TPSA) is 62.8 Å². The van der Waals surface area contributed by atoms with Gasteiger partial charge < -0.3 is 24.6 Å². The highest BCUT2D eigenvalue weighted by Gasteiger charge is 2.15. The van der Waals surface area contributed by atoms with E-state index in [1.165, 1.54) is 5.69 Å². The molecule has 2 aromatic carbocycles. The van der Waals surface area contributed by atoms with E-state index in [9.17, 15) is 0 Å². The standard InChI is InChI=1S/C25H30ClN5O2/c1-17-16-27-25(28-19-5-7-20(8-6-19)31-11-9-30(2)10-12-31)29-22(17)13-18-14-24(33-4)21(26)15-23(18)32-3/h5-8,14-16H,9-13H2,1-4H3,(H,27,28,29). The van der Waals surface area contributed by atoms with Crippen LogP contribution in [-0.4, -0.2) is 62.3 Å². The number of aryl methyl sites for hydroxylation is 1. The molecule has 4 rings (SSSR count). The number of methoxy groups -OCH3 is 2. The van der Waals surface area contributed by atoms with Crippen LogP contribution in [0.25, 0.3) is 0 Å². The quantitative estimate of drug-likeness (QED) is 0.547. The van der Waals surface area contributed by atoms with E-state index in [0.29, 0.717) is 28.9 Å². The first-order chi connectivity index (χ1) is 16.0. The lowest BCUT2D eigenvalue weighted by atomic mass is 10.1. The molecule has 0 unspecified atom stereocenters. The summed E-state index contributed by atoms with van der Waals surface area (Å²) in [6.07, 6.45) is 2.41. The summed E-state index contributed by atoms with van der Waals surface area (Å²) in [5.41, 5.74) is 5.05. The summed E-state index contributed by atoms with van der Waals surface area (Å²) in [5.74, 6) is 1.87. The molecule has 174 valence electrons. The van der Waals surface area contributed by atoms with Crippen molar-refractivity contribution < 1.29 is 9.47 Å². The Hall–Kier alpha value is -3.03. The molecule has 33 heavy (non-hydrogen) atoms. The third-order valence-electron chi connectivity index (χ3n) is 5.98. The lowest BCUT2D eigenvalue weighted by Crippen LogP contribution is -2.44. The van der Waals surface area contributed by atoms with E-state index in [1.807, 2.05) is 19.2 Å². The molecule has 1 fully saturated rings. The molecule has 2 heterocycles. The van der Waals surface area contributed by atoms with Gasteiger partial charge in [-0.25, -0.2) is 9.97 Å². The van der Waals surface area contributed by atoms with Crippen LogP contribution in [0.5, 0.6) is 11.5 Å². The second-order valence-electron chi connectivity index (χ2n) is 8.26. The fraction of sp³-hybridized carbons (Fsp3) is 0.360. The summed E-state index contributed by atoms with van der Waals surface area (Å²) in [7, 11) is 5.40. The van der Waals surface area contributed by atoms with Crippen LogP contribution in [0.1, 0.15) is 16.8 Å². The summed E-state index contributed by atoms with van der Waals surface area (Å²) in [4.78, 5) is 14.0. The van der Waals surface area contributed by atoms with Crippen LogP contribution in [0.4, 0.5) is 17.3 Å². The van der Waals surface area contributed by atoms with Crippen molar-refractivity contribution in [3.05, 3.63) is 64.4 Å². The van der Waals surface area contributed by atoms with Gasteiger partial charge in [0, 0.05) is 61.8 Å². The number of hydrogen-bond acceptors (Lipinski definition) is 7. The summed E-state index contributed by atoms with van der Waals surface area (Å²) < 4.78 is 10.9. The monoisotopic (exact) mass is 467 g/mol. The van der Waals surface area contributed by atoms with E-state index < -0.39 is 0 Å².